The first-order valence-electron chi connectivity index (χ1n) is 7.77. The molecule has 0 aliphatic heterocycles. The van der Waals surface area contributed by atoms with Crippen molar-refractivity contribution in [3.8, 4) is 5.75 Å². The van der Waals surface area contributed by atoms with E-state index in [0.717, 1.165) is 5.56 Å². The fraction of sp³-hybridized carbons (Fsp3) is 0.263. The van der Waals surface area contributed by atoms with Crippen molar-refractivity contribution in [1.82, 2.24) is 5.32 Å². The lowest BCUT2D eigenvalue weighted by Crippen LogP contribution is -2.37. The molecule has 24 heavy (non-hydrogen) atoms. The summed E-state index contributed by atoms with van der Waals surface area (Å²) in [7, 11) is 1.35. The summed E-state index contributed by atoms with van der Waals surface area (Å²) in [6, 6.07) is 16.4. The van der Waals surface area contributed by atoms with Crippen LogP contribution in [0.4, 0.5) is 0 Å². The van der Waals surface area contributed by atoms with E-state index in [1.165, 1.54) is 7.11 Å². The van der Waals surface area contributed by atoms with Crippen LogP contribution >= 0.6 is 0 Å². The standard InChI is InChI=1S/C19H21NO4/c1-14(24-17-6-4-3-5-7-17)18(21)20-13-12-15-8-10-16(11-9-15)19(22)23-2/h3-11,14H,12-13H2,1-2H3,(H,20,21)/t14-/m0/s1. The summed E-state index contributed by atoms with van der Waals surface area (Å²) in [5.41, 5.74) is 1.54. The van der Waals surface area contributed by atoms with E-state index in [1.54, 1.807) is 19.1 Å². The van der Waals surface area contributed by atoms with Gasteiger partial charge in [-0.05, 0) is 43.2 Å². The Morgan fingerprint density at radius 2 is 1.71 bits per heavy atom. The van der Waals surface area contributed by atoms with Crippen LogP contribution in [0, 0.1) is 0 Å². The lowest BCUT2D eigenvalue weighted by Gasteiger charge is -2.14. The second kappa shape index (κ2) is 8.72. The summed E-state index contributed by atoms with van der Waals surface area (Å²) in [5, 5.41) is 2.84. The van der Waals surface area contributed by atoms with Crippen LogP contribution < -0.4 is 10.1 Å². The van der Waals surface area contributed by atoms with Gasteiger partial charge < -0.3 is 14.8 Å². The SMILES string of the molecule is COC(=O)c1ccc(CCNC(=O)[C@H](C)Oc2ccccc2)cc1. The highest BCUT2D eigenvalue weighted by molar-refractivity contribution is 5.89. The first-order chi connectivity index (χ1) is 11.6. The number of hydrogen-bond acceptors (Lipinski definition) is 4. The number of amides is 1. The van der Waals surface area contributed by atoms with Crippen molar-refractivity contribution in [2.24, 2.45) is 0 Å². The van der Waals surface area contributed by atoms with Gasteiger partial charge in [-0.3, -0.25) is 4.79 Å². The summed E-state index contributed by atoms with van der Waals surface area (Å²) in [4.78, 5) is 23.4. The predicted octanol–water partition coefficient (Wildman–Crippen LogP) is 2.60. The molecule has 0 heterocycles. The van der Waals surface area contributed by atoms with E-state index in [0.29, 0.717) is 24.3 Å². The predicted molar refractivity (Wildman–Crippen MR) is 91.0 cm³/mol. The summed E-state index contributed by atoms with van der Waals surface area (Å²) >= 11 is 0. The van der Waals surface area contributed by atoms with Gasteiger partial charge in [-0.15, -0.1) is 0 Å². The number of para-hydroxylation sites is 1. The molecule has 0 unspecified atom stereocenters. The van der Waals surface area contributed by atoms with E-state index in [4.69, 9.17) is 4.74 Å². The molecule has 2 rings (SSSR count). The molecule has 1 atom stereocenters. The van der Waals surface area contributed by atoms with Crippen molar-refractivity contribution in [2.45, 2.75) is 19.4 Å². The molecular weight excluding hydrogens is 306 g/mol. The Bertz CT molecular complexity index is 668. The van der Waals surface area contributed by atoms with Gasteiger partial charge in [0.05, 0.1) is 12.7 Å². The fourth-order valence-corrected chi connectivity index (χ4v) is 2.16. The van der Waals surface area contributed by atoms with Crippen LogP contribution in [0.25, 0.3) is 0 Å². The van der Waals surface area contributed by atoms with Gasteiger partial charge in [0.25, 0.3) is 5.91 Å². The van der Waals surface area contributed by atoms with Gasteiger partial charge in [0.1, 0.15) is 5.75 Å². The zero-order chi connectivity index (χ0) is 17.4. The highest BCUT2D eigenvalue weighted by atomic mass is 16.5. The van der Waals surface area contributed by atoms with Gasteiger partial charge in [0.2, 0.25) is 0 Å². The molecule has 5 heteroatoms. The Morgan fingerprint density at radius 1 is 1.04 bits per heavy atom. The summed E-state index contributed by atoms with van der Waals surface area (Å²) in [6.45, 7) is 2.21. The molecule has 126 valence electrons. The third kappa shape index (κ3) is 5.12. The normalized spacial score (nSPS) is 11.4. The van der Waals surface area contributed by atoms with Crippen LogP contribution in [-0.4, -0.2) is 31.6 Å². The Morgan fingerprint density at radius 3 is 2.33 bits per heavy atom. The highest BCUT2D eigenvalue weighted by Crippen LogP contribution is 2.11. The zero-order valence-corrected chi connectivity index (χ0v) is 13.8. The van der Waals surface area contributed by atoms with E-state index >= 15 is 0 Å². The van der Waals surface area contributed by atoms with Gasteiger partial charge in [-0.2, -0.15) is 0 Å². The number of nitrogens with one attached hydrogen (secondary N) is 1. The molecule has 1 N–H and O–H groups in total. The molecule has 0 saturated heterocycles. The quantitative estimate of drug-likeness (QED) is 0.794. The maximum absolute atomic E-state index is 12.0. The molecule has 5 nitrogen and oxygen atoms in total. The van der Waals surface area contributed by atoms with E-state index < -0.39 is 6.10 Å². The molecule has 0 bridgehead atoms. The molecule has 2 aromatic carbocycles. The molecule has 0 saturated carbocycles. The number of carbonyl (C=O) groups is 2. The Labute approximate surface area is 141 Å². The third-order valence-corrected chi connectivity index (χ3v) is 3.51. The zero-order valence-electron chi connectivity index (χ0n) is 13.8. The molecule has 1 amide bonds. The van der Waals surface area contributed by atoms with Gasteiger partial charge >= 0.3 is 5.97 Å². The maximum Gasteiger partial charge on any atom is 0.337 e. The van der Waals surface area contributed by atoms with Crippen LogP contribution in [0.3, 0.4) is 0 Å². The lowest BCUT2D eigenvalue weighted by molar-refractivity contribution is -0.127. The van der Waals surface area contributed by atoms with E-state index in [2.05, 4.69) is 10.1 Å². The molecule has 0 spiro atoms. The molecule has 0 fully saturated rings. The number of hydrogen-bond donors (Lipinski definition) is 1. The second-order valence-corrected chi connectivity index (χ2v) is 5.30. The van der Waals surface area contributed by atoms with Crippen molar-refractivity contribution < 1.29 is 19.1 Å². The summed E-state index contributed by atoms with van der Waals surface area (Å²) in [5.74, 6) is 0.144. The minimum atomic E-state index is -0.561. The lowest BCUT2D eigenvalue weighted by atomic mass is 10.1. The smallest absolute Gasteiger partial charge is 0.337 e. The first-order valence-corrected chi connectivity index (χ1v) is 7.77. The average molecular weight is 327 g/mol. The van der Waals surface area contributed by atoms with Crippen LogP contribution in [-0.2, 0) is 16.0 Å². The number of benzene rings is 2. The van der Waals surface area contributed by atoms with Crippen LogP contribution in [0.15, 0.2) is 54.6 Å². The largest absolute Gasteiger partial charge is 0.481 e. The van der Waals surface area contributed by atoms with Gasteiger partial charge in [-0.1, -0.05) is 30.3 Å². The van der Waals surface area contributed by atoms with Gasteiger partial charge in [0.15, 0.2) is 6.10 Å². The molecule has 0 aliphatic carbocycles. The number of rotatable bonds is 7. The number of methoxy groups -OCH3 is 1. The van der Waals surface area contributed by atoms with Gasteiger partial charge in [0, 0.05) is 6.54 Å². The average Bonchev–Trinajstić information content (AvgIpc) is 2.62. The van der Waals surface area contributed by atoms with Crippen molar-refractivity contribution in [2.75, 3.05) is 13.7 Å². The summed E-state index contributed by atoms with van der Waals surface area (Å²) < 4.78 is 10.2. The number of carbonyl (C=O) groups excluding carboxylic acids is 2. The second-order valence-electron chi connectivity index (χ2n) is 5.30. The van der Waals surface area contributed by atoms with Crippen LogP contribution in [0.2, 0.25) is 0 Å². The number of esters is 1. The third-order valence-electron chi connectivity index (χ3n) is 3.51. The molecular formula is C19H21NO4. The Hall–Kier alpha value is -2.82. The van der Waals surface area contributed by atoms with E-state index in [9.17, 15) is 9.59 Å². The topological polar surface area (TPSA) is 64.6 Å². The highest BCUT2D eigenvalue weighted by Gasteiger charge is 2.13. The minimum absolute atomic E-state index is 0.162. The monoisotopic (exact) mass is 327 g/mol. The molecule has 0 radical (unpaired) electrons. The van der Waals surface area contributed by atoms with E-state index in [-0.39, 0.29) is 11.9 Å². The fourth-order valence-electron chi connectivity index (χ4n) is 2.16. The van der Waals surface area contributed by atoms with Crippen molar-refractivity contribution in [1.29, 1.82) is 0 Å². The van der Waals surface area contributed by atoms with Gasteiger partial charge in [-0.25, -0.2) is 4.79 Å². The van der Waals surface area contributed by atoms with Crippen molar-refractivity contribution >= 4 is 11.9 Å². The van der Waals surface area contributed by atoms with Crippen molar-refractivity contribution in [3.05, 3.63) is 65.7 Å². The Balaban J connectivity index is 1.76. The van der Waals surface area contributed by atoms with Crippen molar-refractivity contribution in [3.63, 3.8) is 0 Å². The van der Waals surface area contributed by atoms with Crippen LogP contribution in [0.1, 0.15) is 22.8 Å². The maximum atomic E-state index is 12.0. The van der Waals surface area contributed by atoms with Crippen LogP contribution in [0.5, 0.6) is 5.75 Å². The molecule has 0 aromatic heterocycles. The molecule has 0 aliphatic rings. The number of ether oxygens (including phenoxy) is 2. The summed E-state index contributed by atoms with van der Waals surface area (Å²) in [6.07, 6.45) is 0.111. The Kier molecular flexibility index (Phi) is 6.37. The van der Waals surface area contributed by atoms with E-state index in [1.807, 2.05) is 42.5 Å². The first kappa shape index (κ1) is 17.5. The molecule has 2 aromatic rings. The minimum Gasteiger partial charge on any atom is -0.481 e.